The van der Waals surface area contributed by atoms with E-state index in [0.717, 1.165) is 42.5 Å². The van der Waals surface area contributed by atoms with Crippen molar-refractivity contribution in [3.8, 4) is 11.5 Å². The third-order valence-electron chi connectivity index (χ3n) is 4.08. The van der Waals surface area contributed by atoms with Crippen molar-refractivity contribution < 1.29 is 13.9 Å². The lowest BCUT2D eigenvalue weighted by Gasteiger charge is -2.07. The number of pyridine rings is 1. The number of unbranched alkanes of at least 4 members (excludes halogenated alkanes) is 2. The molecule has 136 valence electrons. The Kier molecular flexibility index (Phi) is 6.25. The van der Waals surface area contributed by atoms with Gasteiger partial charge in [0.05, 0.1) is 19.4 Å². The van der Waals surface area contributed by atoms with Crippen molar-refractivity contribution in [3.63, 3.8) is 0 Å². The van der Waals surface area contributed by atoms with Crippen LogP contribution in [0.2, 0.25) is 0 Å². The molecule has 5 heteroatoms. The number of hydrogen-bond acceptors (Lipinski definition) is 5. The van der Waals surface area contributed by atoms with Crippen molar-refractivity contribution >= 4 is 11.0 Å². The van der Waals surface area contributed by atoms with Gasteiger partial charge in [-0.05, 0) is 49.9 Å². The van der Waals surface area contributed by atoms with Gasteiger partial charge in [0.2, 0.25) is 5.75 Å². The predicted molar refractivity (Wildman–Crippen MR) is 101 cm³/mol. The quantitative estimate of drug-likeness (QED) is 0.422. The van der Waals surface area contributed by atoms with Crippen molar-refractivity contribution in [2.45, 2.75) is 32.6 Å². The van der Waals surface area contributed by atoms with Crippen molar-refractivity contribution in [3.05, 3.63) is 64.8 Å². The summed E-state index contributed by atoms with van der Waals surface area (Å²) in [6, 6.07) is 13.1. The smallest absolute Gasteiger partial charge is 0.379 e. The Bertz CT molecular complexity index is 886. The van der Waals surface area contributed by atoms with E-state index in [4.69, 9.17) is 13.9 Å². The number of ether oxygens (including phenoxy) is 2. The number of aromatic nitrogens is 1. The number of aryl methyl sites for hydroxylation is 1. The summed E-state index contributed by atoms with van der Waals surface area (Å²) in [7, 11) is 0. The molecule has 0 aliphatic heterocycles. The van der Waals surface area contributed by atoms with Gasteiger partial charge in [-0.1, -0.05) is 25.1 Å². The van der Waals surface area contributed by atoms with Crippen LogP contribution in [0.1, 0.15) is 31.9 Å². The maximum atomic E-state index is 11.9. The Labute approximate surface area is 152 Å². The van der Waals surface area contributed by atoms with E-state index in [-0.39, 0.29) is 5.75 Å². The van der Waals surface area contributed by atoms with Gasteiger partial charge >= 0.3 is 5.63 Å². The first-order valence-electron chi connectivity index (χ1n) is 8.99. The minimum absolute atomic E-state index is 0.266. The summed E-state index contributed by atoms with van der Waals surface area (Å²) in [5.41, 5.74) is 1.20. The van der Waals surface area contributed by atoms with Crippen LogP contribution in [-0.4, -0.2) is 18.2 Å². The third-order valence-corrected chi connectivity index (χ3v) is 4.08. The molecule has 2 aromatic heterocycles. The first-order valence-corrected chi connectivity index (χ1v) is 8.99. The van der Waals surface area contributed by atoms with Crippen LogP contribution in [0.5, 0.6) is 11.5 Å². The second kappa shape index (κ2) is 9.04. The first-order chi connectivity index (χ1) is 12.8. The average Bonchev–Trinajstić information content (AvgIpc) is 2.68. The van der Waals surface area contributed by atoms with E-state index >= 15 is 0 Å². The summed E-state index contributed by atoms with van der Waals surface area (Å²) >= 11 is 0. The summed E-state index contributed by atoms with van der Waals surface area (Å²) in [6.07, 6.45) is 5.42. The Morgan fingerprint density at radius 1 is 1.00 bits per heavy atom. The van der Waals surface area contributed by atoms with Crippen molar-refractivity contribution in [1.82, 2.24) is 4.98 Å². The van der Waals surface area contributed by atoms with E-state index in [2.05, 4.69) is 11.9 Å². The molecule has 0 aliphatic carbocycles. The summed E-state index contributed by atoms with van der Waals surface area (Å²) in [4.78, 5) is 16.2. The molecule has 3 aromatic rings. The molecule has 26 heavy (non-hydrogen) atoms. The molecule has 3 rings (SSSR count). The highest BCUT2D eigenvalue weighted by Crippen LogP contribution is 2.17. The number of para-hydroxylation sites is 1. The number of rotatable bonds is 9. The van der Waals surface area contributed by atoms with Gasteiger partial charge in [-0.2, -0.15) is 0 Å². The Balaban J connectivity index is 1.36. The topological polar surface area (TPSA) is 61.6 Å². The maximum Gasteiger partial charge on any atom is 0.379 e. The SMILES string of the molecule is CCc1ccc(OCCCCCOc2cc3ccccc3oc2=O)cn1. The van der Waals surface area contributed by atoms with E-state index < -0.39 is 5.63 Å². The lowest BCUT2D eigenvalue weighted by atomic mass is 10.2. The molecule has 0 fully saturated rings. The van der Waals surface area contributed by atoms with Gasteiger partial charge in [-0.15, -0.1) is 0 Å². The van der Waals surface area contributed by atoms with E-state index in [1.54, 1.807) is 18.3 Å². The monoisotopic (exact) mass is 353 g/mol. The normalized spacial score (nSPS) is 10.8. The fraction of sp³-hybridized carbons (Fsp3) is 0.333. The van der Waals surface area contributed by atoms with Crippen LogP contribution in [0.4, 0.5) is 0 Å². The zero-order valence-corrected chi connectivity index (χ0v) is 14.9. The molecule has 2 heterocycles. The molecule has 0 unspecified atom stereocenters. The minimum atomic E-state index is -0.435. The lowest BCUT2D eigenvalue weighted by molar-refractivity contribution is 0.272. The van der Waals surface area contributed by atoms with Gasteiger partial charge < -0.3 is 13.9 Å². The van der Waals surface area contributed by atoms with Gasteiger partial charge in [0.1, 0.15) is 11.3 Å². The zero-order chi connectivity index (χ0) is 18.2. The van der Waals surface area contributed by atoms with Gasteiger partial charge in [0.25, 0.3) is 0 Å². The largest absolute Gasteiger partial charge is 0.492 e. The van der Waals surface area contributed by atoms with E-state index in [1.807, 2.05) is 30.3 Å². The van der Waals surface area contributed by atoms with Crippen LogP contribution in [0.15, 0.2) is 57.9 Å². The van der Waals surface area contributed by atoms with Crippen LogP contribution in [0.3, 0.4) is 0 Å². The number of hydrogen-bond donors (Lipinski definition) is 0. The van der Waals surface area contributed by atoms with Crippen LogP contribution in [-0.2, 0) is 6.42 Å². The molecule has 0 saturated heterocycles. The molecule has 0 N–H and O–H groups in total. The average molecular weight is 353 g/mol. The highest BCUT2D eigenvalue weighted by atomic mass is 16.5. The Hall–Kier alpha value is -2.82. The van der Waals surface area contributed by atoms with Gasteiger partial charge in [-0.25, -0.2) is 4.79 Å². The van der Waals surface area contributed by atoms with Gasteiger partial charge in [0.15, 0.2) is 0 Å². The predicted octanol–water partition coefficient (Wildman–Crippen LogP) is 4.38. The molecule has 0 amide bonds. The maximum absolute atomic E-state index is 11.9. The van der Waals surface area contributed by atoms with Crippen LogP contribution in [0, 0.1) is 0 Å². The van der Waals surface area contributed by atoms with Crippen LogP contribution < -0.4 is 15.1 Å². The lowest BCUT2D eigenvalue weighted by Crippen LogP contribution is -2.08. The number of benzene rings is 1. The standard InChI is InChI=1S/C21H23NO4/c1-2-17-10-11-18(15-22-17)24-12-6-3-7-13-25-20-14-16-8-4-5-9-19(16)26-21(20)23/h4-5,8-11,14-15H,2-3,6-7,12-13H2,1H3. The third kappa shape index (κ3) is 4.85. The highest BCUT2D eigenvalue weighted by Gasteiger charge is 2.05. The van der Waals surface area contributed by atoms with Crippen molar-refractivity contribution in [2.24, 2.45) is 0 Å². The second-order valence-corrected chi connectivity index (χ2v) is 6.03. The van der Waals surface area contributed by atoms with Crippen LogP contribution >= 0.6 is 0 Å². The molecule has 0 bridgehead atoms. The summed E-state index contributed by atoms with van der Waals surface area (Å²) < 4.78 is 16.5. The van der Waals surface area contributed by atoms with E-state index in [0.29, 0.717) is 18.8 Å². The van der Waals surface area contributed by atoms with Crippen molar-refractivity contribution in [1.29, 1.82) is 0 Å². The molecular weight excluding hydrogens is 330 g/mol. The Morgan fingerprint density at radius 2 is 1.81 bits per heavy atom. The molecule has 0 aliphatic rings. The highest BCUT2D eigenvalue weighted by molar-refractivity contribution is 5.77. The van der Waals surface area contributed by atoms with E-state index in [9.17, 15) is 4.79 Å². The summed E-state index contributed by atoms with van der Waals surface area (Å²) in [6.45, 7) is 3.20. The number of nitrogens with zero attached hydrogens (tertiary/aromatic N) is 1. The van der Waals surface area contributed by atoms with E-state index in [1.165, 1.54) is 0 Å². The van der Waals surface area contributed by atoms with Gasteiger partial charge in [0, 0.05) is 11.1 Å². The molecule has 0 spiro atoms. The molecule has 0 atom stereocenters. The fourth-order valence-electron chi connectivity index (χ4n) is 2.60. The fourth-order valence-corrected chi connectivity index (χ4v) is 2.60. The first kappa shape index (κ1) is 18.0. The summed E-state index contributed by atoms with van der Waals surface area (Å²) in [5.74, 6) is 1.06. The van der Waals surface area contributed by atoms with Crippen LogP contribution in [0.25, 0.3) is 11.0 Å². The Morgan fingerprint density at radius 3 is 2.58 bits per heavy atom. The molecule has 0 saturated carbocycles. The second-order valence-electron chi connectivity index (χ2n) is 6.03. The molecule has 0 radical (unpaired) electrons. The van der Waals surface area contributed by atoms with Gasteiger partial charge in [-0.3, -0.25) is 4.98 Å². The zero-order valence-electron chi connectivity index (χ0n) is 14.9. The molecule has 1 aromatic carbocycles. The van der Waals surface area contributed by atoms with Crippen molar-refractivity contribution in [2.75, 3.05) is 13.2 Å². The molecule has 5 nitrogen and oxygen atoms in total. The molecular formula is C21H23NO4. The summed E-state index contributed by atoms with van der Waals surface area (Å²) in [5, 5.41) is 0.859. The minimum Gasteiger partial charge on any atom is -0.492 e. The number of fused-ring (bicyclic) bond motifs is 1.